The normalized spacial score (nSPS) is 18.0. The molecular weight excluding hydrogens is 392 g/mol. The Labute approximate surface area is 186 Å². The van der Waals surface area contributed by atoms with Crippen LogP contribution in [0.15, 0.2) is 12.4 Å². The first-order chi connectivity index (χ1) is 15.1. The van der Waals surface area contributed by atoms with Crippen LogP contribution in [0.4, 0.5) is 0 Å². The minimum absolute atomic E-state index is 0.00257. The van der Waals surface area contributed by atoms with Gasteiger partial charge in [0, 0.05) is 45.3 Å². The standard InChI is InChI=1S/C23H38N6O2/c1-20-18-26-21(19-25-20)23(31)29(17-16-28-12-6-3-7-13-28)14-8-22(30)24-9-15-27-10-4-2-5-11-27/h18-19H,2-17H2,1H3,(H,24,30). The summed E-state index contributed by atoms with van der Waals surface area (Å²) >= 11 is 0. The predicted octanol–water partition coefficient (Wildman–Crippen LogP) is 1.71. The van der Waals surface area contributed by atoms with E-state index >= 15 is 0 Å². The average Bonchev–Trinajstić information content (AvgIpc) is 2.80. The van der Waals surface area contributed by atoms with Crippen LogP contribution in [0.2, 0.25) is 0 Å². The number of piperidine rings is 2. The molecule has 2 aliphatic heterocycles. The Hall–Kier alpha value is -2.06. The number of hydrogen-bond acceptors (Lipinski definition) is 6. The largest absolute Gasteiger partial charge is 0.355 e. The van der Waals surface area contributed by atoms with E-state index in [4.69, 9.17) is 0 Å². The Morgan fingerprint density at radius 2 is 1.55 bits per heavy atom. The van der Waals surface area contributed by atoms with Gasteiger partial charge < -0.3 is 20.0 Å². The van der Waals surface area contributed by atoms with Crippen molar-refractivity contribution in [2.24, 2.45) is 0 Å². The lowest BCUT2D eigenvalue weighted by molar-refractivity contribution is -0.121. The summed E-state index contributed by atoms with van der Waals surface area (Å²) in [4.78, 5) is 40.5. The molecule has 1 aromatic rings. The van der Waals surface area contributed by atoms with Crippen LogP contribution in [0.3, 0.4) is 0 Å². The average molecular weight is 431 g/mol. The summed E-state index contributed by atoms with van der Waals surface area (Å²) < 4.78 is 0. The predicted molar refractivity (Wildman–Crippen MR) is 121 cm³/mol. The van der Waals surface area contributed by atoms with Gasteiger partial charge in [0.15, 0.2) is 0 Å². The zero-order valence-corrected chi connectivity index (χ0v) is 19.0. The van der Waals surface area contributed by atoms with Crippen molar-refractivity contribution in [2.75, 3.05) is 58.9 Å². The molecule has 3 heterocycles. The van der Waals surface area contributed by atoms with Crippen LogP contribution in [0, 0.1) is 6.92 Å². The maximum Gasteiger partial charge on any atom is 0.274 e. The van der Waals surface area contributed by atoms with E-state index in [0.29, 0.717) is 31.7 Å². The molecule has 0 unspecified atom stereocenters. The van der Waals surface area contributed by atoms with Crippen molar-refractivity contribution in [3.8, 4) is 0 Å². The van der Waals surface area contributed by atoms with Gasteiger partial charge in [0.1, 0.15) is 5.69 Å². The Balaban J connectivity index is 1.47. The molecule has 31 heavy (non-hydrogen) atoms. The molecule has 172 valence electrons. The van der Waals surface area contributed by atoms with Crippen LogP contribution in [0.1, 0.15) is 61.1 Å². The zero-order chi connectivity index (χ0) is 21.9. The van der Waals surface area contributed by atoms with Crippen LogP contribution in [0.25, 0.3) is 0 Å². The minimum atomic E-state index is -0.148. The molecule has 2 amide bonds. The van der Waals surface area contributed by atoms with Gasteiger partial charge in [0.2, 0.25) is 5.91 Å². The monoisotopic (exact) mass is 430 g/mol. The van der Waals surface area contributed by atoms with Gasteiger partial charge in [-0.2, -0.15) is 0 Å². The molecule has 0 atom stereocenters. The van der Waals surface area contributed by atoms with E-state index in [1.54, 1.807) is 11.1 Å². The first-order valence-electron chi connectivity index (χ1n) is 11.9. The molecule has 3 rings (SSSR count). The van der Waals surface area contributed by atoms with Crippen molar-refractivity contribution in [3.05, 3.63) is 23.8 Å². The number of hydrogen-bond donors (Lipinski definition) is 1. The van der Waals surface area contributed by atoms with Gasteiger partial charge in [-0.25, -0.2) is 4.98 Å². The Bertz CT molecular complexity index is 684. The first kappa shape index (κ1) is 23.6. The lowest BCUT2D eigenvalue weighted by atomic mass is 10.1. The van der Waals surface area contributed by atoms with E-state index in [9.17, 15) is 9.59 Å². The third-order valence-corrected chi connectivity index (χ3v) is 6.23. The number of aryl methyl sites for hydroxylation is 1. The second kappa shape index (κ2) is 12.7. The molecule has 0 radical (unpaired) electrons. The number of likely N-dealkylation sites (tertiary alicyclic amines) is 2. The summed E-state index contributed by atoms with van der Waals surface area (Å²) in [5, 5.41) is 3.02. The number of carbonyl (C=O) groups is 2. The van der Waals surface area contributed by atoms with Crippen LogP contribution < -0.4 is 5.32 Å². The van der Waals surface area contributed by atoms with Gasteiger partial charge in [-0.05, 0) is 58.8 Å². The highest BCUT2D eigenvalue weighted by Gasteiger charge is 2.20. The quantitative estimate of drug-likeness (QED) is 0.609. The molecular formula is C23H38N6O2. The second-order valence-corrected chi connectivity index (χ2v) is 8.74. The summed E-state index contributed by atoms with van der Waals surface area (Å²) in [6, 6.07) is 0. The highest BCUT2D eigenvalue weighted by molar-refractivity contribution is 5.92. The summed E-state index contributed by atoms with van der Waals surface area (Å²) in [6.45, 7) is 9.70. The highest BCUT2D eigenvalue weighted by atomic mass is 16.2. The zero-order valence-electron chi connectivity index (χ0n) is 19.0. The molecule has 8 nitrogen and oxygen atoms in total. The second-order valence-electron chi connectivity index (χ2n) is 8.74. The molecule has 8 heteroatoms. The molecule has 2 fully saturated rings. The molecule has 2 saturated heterocycles. The van der Waals surface area contributed by atoms with Crippen molar-refractivity contribution in [1.29, 1.82) is 0 Å². The number of carbonyl (C=O) groups excluding carboxylic acids is 2. The number of rotatable bonds is 10. The summed E-state index contributed by atoms with van der Waals surface area (Å²) in [5.41, 5.74) is 1.12. The van der Waals surface area contributed by atoms with Gasteiger partial charge in [-0.15, -0.1) is 0 Å². The van der Waals surface area contributed by atoms with Crippen molar-refractivity contribution in [2.45, 2.75) is 51.9 Å². The van der Waals surface area contributed by atoms with Crippen molar-refractivity contribution < 1.29 is 9.59 Å². The fourth-order valence-corrected chi connectivity index (χ4v) is 4.29. The van der Waals surface area contributed by atoms with Gasteiger partial charge in [-0.1, -0.05) is 12.8 Å². The van der Waals surface area contributed by atoms with Gasteiger partial charge in [0.25, 0.3) is 5.91 Å². The molecule has 2 aliphatic rings. The topological polar surface area (TPSA) is 81.7 Å². The fourth-order valence-electron chi connectivity index (χ4n) is 4.29. The smallest absolute Gasteiger partial charge is 0.274 e. The number of nitrogens with zero attached hydrogens (tertiary/aromatic N) is 5. The molecule has 0 aliphatic carbocycles. The third-order valence-electron chi connectivity index (χ3n) is 6.23. The first-order valence-corrected chi connectivity index (χ1v) is 11.9. The van der Waals surface area contributed by atoms with E-state index in [1.807, 2.05) is 6.92 Å². The van der Waals surface area contributed by atoms with E-state index < -0.39 is 0 Å². The molecule has 1 aromatic heterocycles. The number of nitrogens with one attached hydrogen (secondary N) is 1. The molecule has 0 saturated carbocycles. The third kappa shape index (κ3) is 8.18. The van der Waals surface area contributed by atoms with Crippen LogP contribution in [-0.4, -0.2) is 95.4 Å². The Kier molecular flexibility index (Phi) is 9.68. The maximum atomic E-state index is 13.0. The Morgan fingerprint density at radius 1 is 0.903 bits per heavy atom. The number of aromatic nitrogens is 2. The van der Waals surface area contributed by atoms with Crippen molar-refractivity contribution in [1.82, 2.24) is 30.0 Å². The number of amides is 2. The lowest BCUT2D eigenvalue weighted by Gasteiger charge is -2.30. The molecule has 0 bridgehead atoms. The molecule has 0 aromatic carbocycles. The maximum absolute atomic E-state index is 13.0. The highest BCUT2D eigenvalue weighted by Crippen LogP contribution is 2.10. The van der Waals surface area contributed by atoms with Crippen molar-refractivity contribution in [3.63, 3.8) is 0 Å². The molecule has 0 spiro atoms. The van der Waals surface area contributed by atoms with Crippen LogP contribution >= 0.6 is 0 Å². The van der Waals surface area contributed by atoms with Crippen LogP contribution in [0.5, 0.6) is 0 Å². The summed E-state index contributed by atoms with van der Waals surface area (Å²) in [7, 11) is 0. The van der Waals surface area contributed by atoms with Gasteiger partial charge >= 0.3 is 0 Å². The lowest BCUT2D eigenvalue weighted by Crippen LogP contribution is -2.43. The van der Waals surface area contributed by atoms with E-state index in [2.05, 4.69) is 25.1 Å². The van der Waals surface area contributed by atoms with Crippen LogP contribution in [-0.2, 0) is 4.79 Å². The van der Waals surface area contributed by atoms with E-state index in [1.165, 1.54) is 44.7 Å². The van der Waals surface area contributed by atoms with Gasteiger partial charge in [-0.3, -0.25) is 14.6 Å². The molecule has 1 N–H and O–H groups in total. The van der Waals surface area contributed by atoms with E-state index in [0.717, 1.165) is 45.0 Å². The minimum Gasteiger partial charge on any atom is -0.355 e. The Morgan fingerprint density at radius 3 is 2.16 bits per heavy atom. The van der Waals surface area contributed by atoms with Crippen molar-refractivity contribution >= 4 is 11.8 Å². The van der Waals surface area contributed by atoms with Gasteiger partial charge in [0.05, 0.1) is 11.9 Å². The fraction of sp³-hybridized carbons (Fsp3) is 0.739. The summed E-state index contributed by atoms with van der Waals surface area (Å²) in [6.07, 6.45) is 11.0. The van der Waals surface area contributed by atoms with E-state index in [-0.39, 0.29) is 11.8 Å². The SMILES string of the molecule is Cc1cnc(C(=O)N(CCC(=O)NCCN2CCCCC2)CCN2CCCCC2)cn1. The summed E-state index contributed by atoms with van der Waals surface area (Å²) in [5.74, 6) is -0.145.